The number of hydrogen-bond donors (Lipinski definition) is 2. The van der Waals surface area contributed by atoms with E-state index in [0.717, 1.165) is 71.5 Å². The maximum absolute atomic E-state index is 10.1. The Hall–Kier alpha value is -8.04. The Labute approximate surface area is 618 Å². The molecule has 0 aliphatic carbocycles. The number of aromatic nitrogens is 6. The zero-order chi connectivity index (χ0) is 67.8. The van der Waals surface area contributed by atoms with Crippen molar-refractivity contribution in [2.24, 2.45) is 0 Å². The van der Waals surface area contributed by atoms with Gasteiger partial charge in [-0.3, -0.25) is 10.0 Å². The van der Waals surface area contributed by atoms with E-state index in [1.54, 1.807) is 36.2 Å². The molecule has 13 rings (SSSR count). The molecular formula is C77H88ClKN10O8. The smallest absolute Gasteiger partial charge is 0.850 e. The van der Waals surface area contributed by atoms with E-state index in [-0.39, 0.29) is 58.0 Å². The number of halogens is 1. The fraction of sp³-hybridized carbons (Fsp3) is 0.286. The van der Waals surface area contributed by atoms with Gasteiger partial charge in [0.15, 0.2) is 0 Å². The van der Waals surface area contributed by atoms with Crippen molar-refractivity contribution in [1.82, 2.24) is 45.5 Å². The molecule has 0 radical (unpaired) electrons. The number of nitrogens with zero attached hydrogens (tertiary/aromatic N) is 9. The van der Waals surface area contributed by atoms with Crippen LogP contribution in [0.2, 0.25) is 0 Å². The predicted molar refractivity (Wildman–Crippen MR) is 381 cm³/mol. The number of alkyl halides is 1. The molecule has 2 aliphatic heterocycles. The normalized spacial score (nSPS) is 12.0. The van der Waals surface area contributed by atoms with Crippen molar-refractivity contribution in [3.63, 3.8) is 0 Å². The first-order chi connectivity index (χ1) is 46.9. The van der Waals surface area contributed by atoms with Crippen LogP contribution in [0.5, 0.6) is 17.2 Å². The molecule has 1 saturated heterocycles. The van der Waals surface area contributed by atoms with Crippen LogP contribution in [0.1, 0.15) is 65.4 Å². The zero-order valence-electron chi connectivity index (χ0n) is 56.5. The predicted octanol–water partition coefficient (Wildman–Crippen LogP) is 12.0. The Morgan fingerprint density at radius 1 is 0.536 bits per heavy atom. The molecule has 11 aromatic rings. The number of fused-ring (bicyclic) bond motifs is 3. The second-order valence-electron chi connectivity index (χ2n) is 22.7. The number of benzene rings is 9. The molecule has 97 heavy (non-hydrogen) atoms. The second-order valence-corrected chi connectivity index (χ2v) is 23.0. The number of hydrogen-bond acceptors (Lipinski definition) is 16. The molecular weight excluding hydrogens is 1270 g/mol. The van der Waals surface area contributed by atoms with Gasteiger partial charge < -0.3 is 38.6 Å². The van der Waals surface area contributed by atoms with Crippen LogP contribution in [0.4, 0.5) is 0 Å². The third-order valence-electron chi connectivity index (χ3n) is 13.7. The van der Waals surface area contributed by atoms with Crippen molar-refractivity contribution in [3.8, 4) is 45.8 Å². The summed E-state index contributed by atoms with van der Waals surface area (Å²) >= 11 is 5.59. The monoisotopic (exact) mass is 1350 g/mol. The number of aliphatic hydroxyl groups is 1. The number of aliphatic hydroxyl groups excluding tert-OH is 1. The van der Waals surface area contributed by atoms with Gasteiger partial charge in [0.05, 0.1) is 57.2 Å². The maximum atomic E-state index is 10.1. The van der Waals surface area contributed by atoms with Crippen LogP contribution in [0.25, 0.3) is 60.5 Å². The summed E-state index contributed by atoms with van der Waals surface area (Å²) in [5.41, 5.74) is 8.59. The van der Waals surface area contributed by atoms with Gasteiger partial charge in [-0.1, -0.05) is 213 Å². The van der Waals surface area contributed by atoms with Crippen LogP contribution >= 0.6 is 11.6 Å². The first-order valence-electron chi connectivity index (χ1n) is 32.1. The Balaban J connectivity index is 0.000000198. The third-order valence-corrected chi connectivity index (χ3v) is 14.0. The maximum Gasteiger partial charge on any atom is 1.00 e. The van der Waals surface area contributed by atoms with Crippen molar-refractivity contribution in [3.05, 3.63) is 243 Å². The van der Waals surface area contributed by atoms with Crippen LogP contribution in [0, 0.1) is 11.3 Å². The first-order valence-corrected chi connectivity index (χ1v) is 32.6. The van der Waals surface area contributed by atoms with Crippen molar-refractivity contribution in [1.29, 1.82) is 5.26 Å². The largest absolute Gasteiger partial charge is 1.00 e. The molecule has 0 atom stereocenters. The molecule has 9 aromatic carbocycles. The van der Waals surface area contributed by atoms with Crippen molar-refractivity contribution in [2.75, 3.05) is 66.6 Å². The van der Waals surface area contributed by atoms with Gasteiger partial charge in [0, 0.05) is 75.9 Å². The Morgan fingerprint density at radius 3 is 1.30 bits per heavy atom. The minimum atomic E-state index is -0.750. The van der Waals surface area contributed by atoms with Crippen molar-refractivity contribution in [2.45, 2.75) is 78.1 Å². The molecule has 2 N–H and O–H groups in total. The Kier molecular flexibility index (Phi) is 35.9. The Morgan fingerprint density at radius 2 is 0.907 bits per heavy atom. The van der Waals surface area contributed by atoms with Crippen LogP contribution < -0.4 is 76.2 Å². The fourth-order valence-electron chi connectivity index (χ4n) is 9.21. The molecule has 0 amide bonds. The summed E-state index contributed by atoms with van der Waals surface area (Å²) in [4.78, 5) is 0. The standard InChI is InChI=1S/C23H25N3O2.C22H21N3O2.C13H14O2.C9H8ClN3.C4H8O.C4H9O.C2H3N.K/c1-25-23(20-9-3-2-4-10-20)17-26(24-25)18-27-14-7-15-28-22-13-12-19-8-5-6-11-21(19)16-22;1-2-8-19(9-3-1)22-16-25(24-23-22)17-26-13-6-14-27-21-12-11-18-7-4-5-10-20(18)15-21;14-8-3-9-15-13-7-6-11-4-1-2-5-12(11)10-13;10-7-13-6-9(11-12-13)8-4-2-1-3-5-8;1-2-4-5-3-1;1-4(2,3)5;1-2-3;/h2-6,8-13,16-17,24H,7,14-15,18H2,1H3;1-5,7-12,15-16H,6,13-14,17H2;1-2,4-7,10,14H,3,8-9H2;1-6H,7H2;1-4H2;1-3H3;1H3;/q;;;;;-1;;+1. The van der Waals surface area contributed by atoms with Gasteiger partial charge in [0.2, 0.25) is 0 Å². The van der Waals surface area contributed by atoms with E-state index >= 15 is 0 Å². The number of hydrazine groups is 2. The SMILES string of the molecule is C1CCOC1.CC#N.CC(C)(C)[O-].CN1NN(COCCCOc2ccc3ccccc3c2)C=C1c1ccccc1.ClCn1cc(-c2ccccc2)nn1.OCCCOc1ccc2ccccc2c1.[K+].c1ccc(-c2cn(COCCCOc3ccc4ccccc4c3)nn2)cc1. The topological polar surface area (TPSA) is 202 Å². The quantitative estimate of drug-likeness (QED) is 0.0368. The molecule has 20 heteroatoms. The molecule has 4 heterocycles. The minimum absolute atomic E-state index is 0. The average molecular weight is 1360 g/mol. The fourth-order valence-corrected chi connectivity index (χ4v) is 9.33. The molecule has 0 unspecified atom stereocenters. The van der Waals surface area contributed by atoms with E-state index in [0.29, 0.717) is 58.9 Å². The van der Waals surface area contributed by atoms with Crippen LogP contribution in [0.3, 0.4) is 0 Å². The van der Waals surface area contributed by atoms with E-state index in [1.807, 2.05) is 175 Å². The van der Waals surface area contributed by atoms with E-state index in [2.05, 4.69) is 105 Å². The van der Waals surface area contributed by atoms with Crippen molar-refractivity contribution >= 4 is 49.6 Å². The molecule has 2 aliphatic rings. The molecule has 0 saturated carbocycles. The van der Waals surface area contributed by atoms with Gasteiger partial charge in [-0.2, -0.15) is 5.26 Å². The number of nitriles is 1. The van der Waals surface area contributed by atoms with E-state index < -0.39 is 5.60 Å². The third kappa shape index (κ3) is 29.7. The first kappa shape index (κ1) is 78.0. The minimum Gasteiger partial charge on any atom is -0.850 e. The summed E-state index contributed by atoms with van der Waals surface area (Å²) in [7, 11) is 2.00. The molecule has 502 valence electrons. The second kappa shape index (κ2) is 44.7. The molecule has 2 aromatic heterocycles. The van der Waals surface area contributed by atoms with Crippen LogP contribution in [-0.4, -0.2) is 117 Å². The summed E-state index contributed by atoms with van der Waals surface area (Å²) in [6, 6.07) is 75.3. The van der Waals surface area contributed by atoms with E-state index in [1.165, 1.54) is 57.6 Å². The van der Waals surface area contributed by atoms with E-state index in [9.17, 15) is 5.11 Å². The average Bonchev–Trinajstić information content (AvgIpc) is 1.99. The molecule has 18 nitrogen and oxygen atoms in total. The van der Waals surface area contributed by atoms with Gasteiger partial charge >= 0.3 is 51.4 Å². The van der Waals surface area contributed by atoms with Crippen LogP contribution in [-0.2, 0) is 26.9 Å². The summed E-state index contributed by atoms with van der Waals surface area (Å²) < 4.78 is 36.8. The van der Waals surface area contributed by atoms with Gasteiger partial charge in [-0.25, -0.2) is 9.36 Å². The van der Waals surface area contributed by atoms with Gasteiger partial charge in [-0.05, 0) is 81.6 Å². The molecule has 0 spiro atoms. The van der Waals surface area contributed by atoms with Crippen LogP contribution in [0.15, 0.2) is 237 Å². The Bertz CT molecular complexity index is 4010. The summed E-state index contributed by atoms with van der Waals surface area (Å²) in [6.45, 7) is 12.4. The van der Waals surface area contributed by atoms with E-state index in [4.69, 9.17) is 50.4 Å². The number of ether oxygens (including phenoxy) is 6. The summed E-state index contributed by atoms with van der Waals surface area (Å²) in [5, 5.41) is 53.3. The van der Waals surface area contributed by atoms with Crippen molar-refractivity contribution < 1.29 is 90.0 Å². The molecule has 1 fully saturated rings. The van der Waals surface area contributed by atoms with Gasteiger partial charge in [0.25, 0.3) is 0 Å². The number of nitrogens with one attached hydrogen (secondary N) is 1. The summed E-state index contributed by atoms with van der Waals surface area (Å²) in [6.07, 6.45) is 10.6. The summed E-state index contributed by atoms with van der Waals surface area (Å²) in [5.74, 6) is 2.65. The zero-order valence-corrected chi connectivity index (χ0v) is 60.4. The number of rotatable bonds is 22. The molecule has 0 bridgehead atoms. The van der Waals surface area contributed by atoms with Gasteiger partial charge in [0.1, 0.15) is 48.1 Å². The van der Waals surface area contributed by atoms with Gasteiger partial charge in [-0.15, -0.1) is 32.9 Å².